The monoisotopic (exact) mass is 193 g/mol. The zero-order valence-corrected chi connectivity index (χ0v) is 9.05. The standard InChI is InChI=1S/C12H19NO/c1-3-14-10-12-7-5-4-6-11(12)8-9-13-2/h4-7,13H,3,8-10H2,1-2H3. The summed E-state index contributed by atoms with van der Waals surface area (Å²) >= 11 is 0. The van der Waals surface area contributed by atoms with Crippen LogP contribution in [0, 0.1) is 0 Å². The van der Waals surface area contributed by atoms with Gasteiger partial charge in [-0.15, -0.1) is 0 Å². The lowest BCUT2D eigenvalue weighted by molar-refractivity contribution is 0.133. The highest BCUT2D eigenvalue weighted by molar-refractivity contribution is 5.26. The molecule has 0 amide bonds. The SMILES string of the molecule is CCOCc1ccccc1CCNC. The molecule has 0 fully saturated rings. The number of hydrogen-bond acceptors (Lipinski definition) is 2. The van der Waals surface area contributed by atoms with E-state index in [-0.39, 0.29) is 0 Å². The number of hydrogen-bond donors (Lipinski definition) is 1. The highest BCUT2D eigenvalue weighted by Crippen LogP contribution is 2.10. The molecule has 0 heterocycles. The Bertz CT molecular complexity index is 233. The summed E-state index contributed by atoms with van der Waals surface area (Å²) in [7, 11) is 1.98. The molecule has 0 atom stereocenters. The maximum atomic E-state index is 5.42. The van der Waals surface area contributed by atoms with E-state index < -0.39 is 0 Å². The van der Waals surface area contributed by atoms with Crippen LogP contribution in [0.3, 0.4) is 0 Å². The first-order chi connectivity index (χ1) is 6.88. The highest BCUT2D eigenvalue weighted by Gasteiger charge is 2.00. The van der Waals surface area contributed by atoms with Crippen LogP contribution >= 0.6 is 0 Å². The van der Waals surface area contributed by atoms with Gasteiger partial charge in [0.1, 0.15) is 0 Å². The van der Waals surface area contributed by atoms with Crippen molar-refractivity contribution in [2.24, 2.45) is 0 Å². The summed E-state index contributed by atoms with van der Waals surface area (Å²) in [6.45, 7) is 4.55. The molecule has 0 aliphatic heterocycles. The third-order valence-corrected chi connectivity index (χ3v) is 2.22. The Kier molecular flexibility index (Phi) is 5.27. The lowest BCUT2D eigenvalue weighted by Gasteiger charge is -2.08. The molecule has 0 radical (unpaired) electrons. The predicted octanol–water partition coefficient (Wildman–Crippen LogP) is 1.98. The number of benzene rings is 1. The van der Waals surface area contributed by atoms with Crippen molar-refractivity contribution in [2.45, 2.75) is 20.0 Å². The van der Waals surface area contributed by atoms with Gasteiger partial charge in [0, 0.05) is 6.61 Å². The van der Waals surface area contributed by atoms with Crippen LogP contribution in [-0.4, -0.2) is 20.2 Å². The molecule has 1 aromatic rings. The number of likely N-dealkylation sites (N-methyl/N-ethyl adjacent to an activating group) is 1. The first-order valence-corrected chi connectivity index (χ1v) is 5.17. The van der Waals surface area contributed by atoms with Crippen molar-refractivity contribution in [3.8, 4) is 0 Å². The smallest absolute Gasteiger partial charge is 0.0719 e. The molecule has 0 aromatic heterocycles. The van der Waals surface area contributed by atoms with Crippen molar-refractivity contribution in [1.29, 1.82) is 0 Å². The highest BCUT2D eigenvalue weighted by atomic mass is 16.5. The van der Waals surface area contributed by atoms with Gasteiger partial charge < -0.3 is 10.1 Å². The summed E-state index contributed by atoms with van der Waals surface area (Å²) in [5.74, 6) is 0. The normalized spacial score (nSPS) is 10.4. The zero-order valence-electron chi connectivity index (χ0n) is 9.05. The van der Waals surface area contributed by atoms with Gasteiger partial charge in [-0.2, -0.15) is 0 Å². The third kappa shape index (κ3) is 3.48. The van der Waals surface area contributed by atoms with Gasteiger partial charge in [0.15, 0.2) is 0 Å². The average Bonchev–Trinajstić information content (AvgIpc) is 2.24. The van der Waals surface area contributed by atoms with Crippen molar-refractivity contribution in [3.63, 3.8) is 0 Å². The number of rotatable bonds is 6. The minimum atomic E-state index is 0.733. The van der Waals surface area contributed by atoms with Gasteiger partial charge in [0.05, 0.1) is 6.61 Å². The Morgan fingerprint density at radius 3 is 2.57 bits per heavy atom. The van der Waals surface area contributed by atoms with Gasteiger partial charge in [-0.3, -0.25) is 0 Å². The van der Waals surface area contributed by atoms with Crippen LogP contribution in [0.15, 0.2) is 24.3 Å². The average molecular weight is 193 g/mol. The van der Waals surface area contributed by atoms with E-state index in [0.29, 0.717) is 0 Å². The van der Waals surface area contributed by atoms with E-state index in [9.17, 15) is 0 Å². The molecule has 0 bridgehead atoms. The molecule has 0 saturated heterocycles. The van der Waals surface area contributed by atoms with E-state index >= 15 is 0 Å². The van der Waals surface area contributed by atoms with Crippen LogP contribution in [0.1, 0.15) is 18.1 Å². The van der Waals surface area contributed by atoms with Crippen LogP contribution in [0.2, 0.25) is 0 Å². The number of ether oxygens (including phenoxy) is 1. The van der Waals surface area contributed by atoms with Crippen molar-refractivity contribution in [1.82, 2.24) is 5.32 Å². The molecule has 2 heteroatoms. The topological polar surface area (TPSA) is 21.3 Å². The maximum absolute atomic E-state index is 5.42. The molecule has 1 aromatic carbocycles. The van der Waals surface area contributed by atoms with Crippen molar-refractivity contribution < 1.29 is 4.74 Å². The fourth-order valence-electron chi connectivity index (χ4n) is 1.41. The largest absolute Gasteiger partial charge is 0.377 e. The molecular formula is C12H19NO. The van der Waals surface area contributed by atoms with Crippen molar-refractivity contribution in [3.05, 3.63) is 35.4 Å². The first-order valence-electron chi connectivity index (χ1n) is 5.17. The van der Waals surface area contributed by atoms with Gasteiger partial charge in [-0.25, -0.2) is 0 Å². The first kappa shape index (κ1) is 11.2. The zero-order chi connectivity index (χ0) is 10.2. The molecule has 1 rings (SSSR count). The molecule has 0 spiro atoms. The third-order valence-electron chi connectivity index (χ3n) is 2.22. The van der Waals surface area contributed by atoms with E-state index in [4.69, 9.17) is 4.74 Å². The molecule has 0 aliphatic carbocycles. The molecule has 2 nitrogen and oxygen atoms in total. The second kappa shape index (κ2) is 6.57. The Morgan fingerprint density at radius 2 is 1.93 bits per heavy atom. The number of nitrogens with one attached hydrogen (secondary N) is 1. The molecule has 1 N–H and O–H groups in total. The molecule has 78 valence electrons. The molecule has 0 unspecified atom stereocenters. The quantitative estimate of drug-likeness (QED) is 0.746. The van der Waals surface area contributed by atoms with E-state index in [2.05, 4.69) is 29.6 Å². The van der Waals surface area contributed by atoms with Gasteiger partial charge >= 0.3 is 0 Å². The van der Waals surface area contributed by atoms with E-state index in [1.807, 2.05) is 14.0 Å². The fraction of sp³-hybridized carbons (Fsp3) is 0.500. The fourth-order valence-corrected chi connectivity index (χ4v) is 1.41. The summed E-state index contributed by atoms with van der Waals surface area (Å²) in [5, 5.41) is 3.16. The molecule has 0 saturated carbocycles. The molecule has 0 aliphatic rings. The van der Waals surface area contributed by atoms with Crippen molar-refractivity contribution in [2.75, 3.05) is 20.2 Å². The second-order valence-corrected chi connectivity index (χ2v) is 3.26. The van der Waals surface area contributed by atoms with Crippen LogP contribution in [-0.2, 0) is 17.8 Å². The van der Waals surface area contributed by atoms with Gasteiger partial charge in [0.25, 0.3) is 0 Å². The van der Waals surface area contributed by atoms with Gasteiger partial charge in [-0.05, 0) is 38.1 Å². The van der Waals surface area contributed by atoms with E-state index in [1.165, 1.54) is 11.1 Å². The minimum absolute atomic E-state index is 0.733. The maximum Gasteiger partial charge on any atom is 0.0719 e. The van der Waals surface area contributed by atoms with Gasteiger partial charge in [0.2, 0.25) is 0 Å². The van der Waals surface area contributed by atoms with E-state index in [0.717, 1.165) is 26.2 Å². The van der Waals surface area contributed by atoms with Gasteiger partial charge in [-0.1, -0.05) is 24.3 Å². The van der Waals surface area contributed by atoms with Crippen LogP contribution in [0.25, 0.3) is 0 Å². The predicted molar refractivity (Wildman–Crippen MR) is 59.4 cm³/mol. The second-order valence-electron chi connectivity index (χ2n) is 3.26. The van der Waals surface area contributed by atoms with Crippen LogP contribution < -0.4 is 5.32 Å². The van der Waals surface area contributed by atoms with Crippen LogP contribution in [0.4, 0.5) is 0 Å². The summed E-state index contributed by atoms with van der Waals surface area (Å²) < 4.78 is 5.42. The molecular weight excluding hydrogens is 174 g/mol. The lowest BCUT2D eigenvalue weighted by atomic mass is 10.1. The Morgan fingerprint density at radius 1 is 1.21 bits per heavy atom. The van der Waals surface area contributed by atoms with E-state index in [1.54, 1.807) is 0 Å². The summed E-state index contributed by atoms with van der Waals surface area (Å²) in [6, 6.07) is 8.46. The minimum Gasteiger partial charge on any atom is -0.377 e. The summed E-state index contributed by atoms with van der Waals surface area (Å²) in [4.78, 5) is 0. The Hall–Kier alpha value is -0.860. The van der Waals surface area contributed by atoms with Crippen LogP contribution in [0.5, 0.6) is 0 Å². The Balaban J connectivity index is 2.60. The lowest BCUT2D eigenvalue weighted by Crippen LogP contribution is -2.11. The van der Waals surface area contributed by atoms with Crippen molar-refractivity contribution >= 4 is 0 Å². The molecule has 14 heavy (non-hydrogen) atoms. The summed E-state index contributed by atoms with van der Waals surface area (Å²) in [6.07, 6.45) is 1.07. The summed E-state index contributed by atoms with van der Waals surface area (Å²) in [5.41, 5.74) is 2.69. The Labute approximate surface area is 86.3 Å².